The highest BCUT2D eigenvalue weighted by molar-refractivity contribution is 7.92. The van der Waals surface area contributed by atoms with E-state index < -0.39 is 10.0 Å². The van der Waals surface area contributed by atoms with Crippen LogP contribution in [0, 0.1) is 0 Å². The van der Waals surface area contributed by atoms with E-state index >= 15 is 0 Å². The number of nitrogens with two attached hydrogens (primary N) is 1. The summed E-state index contributed by atoms with van der Waals surface area (Å²) < 4.78 is 48.1. The number of sulfonamides is 1. The molecule has 3 aromatic heterocycles. The van der Waals surface area contributed by atoms with Gasteiger partial charge in [-0.2, -0.15) is 10.3 Å². The van der Waals surface area contributed by atoms with Crippen molar-refractivity contribution in [3.05, 3.63) is 65.2 Å². The van der Waals surface area contributed by atoms with E-state index in [1.807, 2.05) is 13.1 Å². The van der Waals surface area contributed by atoms with Crippen molar-refractivity contribution < 1.29 is 22.4 Å². The molecule has 39 heavy (non-hydrogen) atoms. The van der Waals surface area contributed by atoms with Crippen LogP contribution in [0.25, 0.3) is 11.0 Å². The lowest BCUT2D eigenvalue weighted by Crippen LogP contribution is -2.15. The van der Waals surface area contributed by atoms with E-state index in [9.17, 15) is 8.42 Å². The summed E-state index contributed by atoms with van der Waals surface area (Å²) in [5.41, 5.74) is 8.54. The van der Waals surface area contributed by atoms with Crippen molar-refractivity contribution in [1.82, 2.24) is 35.6 Å². The van der Waals surface area contributed by atoms with Crippen molar-refractivity contribution in [2.24, 2.45) is 5.73 Å². The average Bonchev–Trinajstić information content (AvgIpc) is 3.69. The first-order valence-corrected chi connectivity index (χ1v) is 13.1. The number of halogens is 1. The Morgan fingerprint density at radius 2 is 2.00 bits per heavy atom. The molecule has 5 rings (SSSR count). The number of tetrazole rings is 1. The molecule has 0 atom stereocenters. The Kier molecular flexibility index (Phi) is 8.32. The number of nitrogens with one attached hydrogen (secondary N) is 2. The van der Waals surface area contributed by atoms with Gasteiger partial charge >= 0.3 is 0 Å². The van der Waals surface area contributed by atoms with Crippen molar-refractivity contribution in [2.45, 2.75) is 37.9 Å². The molecule has 0 aliphatic rings. The van der Waals surface area contributed by atoms with Crippen LogP contribution in [0.1, 0.15) is 29.4 Å². The van der Waals surface area contributed by atoms with Gasteiger partial charge in [0.1, 0.15) is 21.8 Å². The number of benzene rings is 2. The molecule has 0 aliphatic heterocycles. The first kappa shape index (κ1) is 27.8. The van der Waals surface area contributed by atoms with E-state index in [1.54, 1.807) is 41.2 Å². The smallest absolute Gasteiger partial charge is 0.266 e. The maximum absolute atomic E-state index is 13.5. The molecule has 0 amide bonds. The van der Waals surface area contributed by atoms with Crippen LogP contribution in [-0.4, -0.2) is 51.1 Å². The van der Waals surface area contributed by atoms with Crippen molar-refractivity contribution in [2.75, 3.05) is 11.8 Å². The third-order valence-electron chi connectivity index (χ3n) is 5.77. The third-order valence-corrected chi connectivity index (χ3v) is 7.13. The van der Waals surface area contributed by atoms with Crippen LogP contribution in [0.4, 0.5) is 5.82 Å². The molecule has 5 aromatic rings. The van der Waals surface area contributed by atoms with E-state index in [4.69, 9.17) is 19.7 Å². The van der Waals surface area contributed by atoms with Crippen LogP contribution in [0.3, 0.4) is 0 Å². The fourth-order valence-corrected chi connectivity index (χ4v) is 5.07. The largest absolute Gasteiger partial charge is 0.496 e. The number of anilines is 1. The average molecular weight is 576 g/mol. The predicted molar refractivity (Wildman–Crippen MR) is 142 cm³/mol. The fraction of sp³-hybridized carbons (Fsp3) is 0.261. The lowest BCUT2D eigenvalue weighted by molar-refractivity contribution is 0.288. The van der Waals surface area contributed by atoms with Gasteiger partial charge in [-0.3, -0.25) is 9.40 Å². The minimum atomic E-state index is -4.16. The van der Waals surface area contributed by atoms with E-state index in [0.29, 0.717) is 36.2 Å². The highest BCUT2D eigenvalue weighted by Gasteiger charge is 2.25. The molecule has 0 unspecified atom stereocenters. The summed E-state index contributed by atoms with van der Waals surface area (Å²) in [6.45, 7) is 2.67. The molecular weight excluding hydrogens is 550 g/mol. The number of rotatable bonds is 11. The van der Waals surface area contributed by atoms with Gasteiger partial charge in [0.2, 0.25) is 5.82 Å². The number of H-pyrrole nitrogens is 1. The van der Waals surface area contributed by atoms with Gasteiger partial charge in [0.25, 0.3) is 10.0 Å². The molecule has 0 aliphatic carbocycles. The summed E-state index contributed by atoms with van der Waals surface area (Å²) in [5, 5.41) is 22.1. The highest BCUT2D eigenvalue weighted by atomic mass is 35.5. The monoisotopic (exact) mass is 575 g/mol. The second kappa shape index (κ2) is 11.7. The van der Waals surface area contributed by atoms with Crippen LogP contribution in [-0.2, 0) is 36.1 Å². The van der Waals surface area contributed by atoms with E-state index in [0.717, 1.165) is 16.7 Å². The van der Waals surface area contributed by atoms with Crippen molar-refractivity contribution in [3.63, 3.8) is 0 Å². The molecule has 16 heteroatoms. The van der Waals surface area contributed by atoms with E-state index in [2.05, 4.69) is 35.6 Å². The predicted octanol–water partition coefficient (Wildman–Crippen LogP) is 2.42. The van der Waals surface area contributed by atoms with Gasteiger partial charge in [0, 0.05) is 18.3 Å². The molecule has 0 saturated carbocycles. The molecule has 0 bridgehead atoms. The molecule has 14 nitrogen and oxygen atoms in total. The number of nitrogens with zero attached hydrogens (tertiary/aromatic N) is 6. The number of hydrogen-bond acceptors (Lipinski definition) is 11. The normalized spacial score (nSPS) is 11.4. The van der Waals surface area contributed by atoms with Crippen LogP contribution in [0.5, 0.6) is 11.5 Å². The van der Waals surface area contributed by atoms with E-state index in [1.165, 1.54) is 7.11 Å². The van der Waals surface area contributed by atoms with Gasteiger partial charge < -0.3 is 19.7 Å². The molecule has 2 aromatic carbocycles. The Labute approximate surface area is 229 Å². The Morgan fingerprint density at radius 3 is 2.69 bits per heavy atom. The van der Waals surface area contributed by atoms with Gasteiger partial charge in [-0.1, -0.05) is 23.4 Å². The molecular formula is C23H26ClN9O5S. The zero-order valence-corrected chi connectivity index (χ0v) is 22.6. The molecule has 0 fully saturated rings. The number of aromatic amines is 1. The zero-order valence-electron chi connectivity index (χ0n) is 21.0. The minimum Gasteiger partial charge on any atom is -0.496 e. The van der Waals surface area contributed by atoms with Gasteiger partial charge in [-0.15, -0.1) is 22.6 Å². The van der Waals surface area contributed by atoms with Gasteiger partial charge in [0.05, 0.1) is 19.9 Å². The molecule has 206 valence electrons. The van der Waals surface area contributed by atoms with Crippen LogP contribution in [0.2, 0.25) is 0 Å². The Balaban J connectivity index is 0.00000353. The summed E-state index contributed by atoms with van der Waals surface area (Å²) in [6.07, 6.45) is 4.17. The summed E-state index contributed by atoms with van der Waals surface area (Å²) in [6, 6.07) is 8.45. The molecule has 0 spiro atoms. The SMILES string of the molecule is CCc1ccc(OCc2nn[nH]n2)c(S(=O)(=O)Nc2noc3cc(Cn4cc(CN)cn4)cc(OC)c23)c1.Cl. The minimum absolute atomic E-state index is 0. The van der Waals surface area contributed by atoms with Crippen LogP contribution < -0.4 is 19.9 Å². The number of hydrogen-bond donors (Lipinski definition) is 3. The van der Waals surface area contributed by atoms with Gasteiger partial charge in [0.15, 0.2) is 18.0 Å². The van der Waals surface area contributed by atoms with E-state index in [-0.39, 0.29) is 41.3 Å². The quantitative estimate of drug-likeness (QED) is 0.210. The van der Waals surface area contributed by atoms with Crippen LogP contribution in [0.15, 0.2) is 52.1 Å². The topological polar surface area (TPSA) is 189 Å². The van der Waals surface area contributed by atoms with Gasteiger partial charge in [-0.25, -0.2) is 8.42 Å². The van der Waals surface area contributed by atoms with Crippen molar-refractivity contribution in [1.29, 1.82) is 0 Å². The van der Waals surface area contributed by atoms with Gasteiger partial charge in [-0.05, 0) is 41.8 Å². The molecule has 0 saturated heterocycles. The summed E-state index contributed by atoms with van der Waals surface area (Å²) in [4.78, 5) is -0.0681. The fourth-order valence-electron chi connectivity index (χ4n) is 3.87. The highest BCUT2D eigenvalue weighted by Crippen LogP contribution is 2.36. The second-order valence-corrected chi connectivity index (χ2v) is 9.96. The molecule has 0 radical (unpaired) electrons. The maximum Gasteiger partial charge on any atom is 0.266 e. The number of aromatic nitrogens is 7. The lowest BCUT2D eigenvalue weighted by atomic mass is 10.1. The Bertz CT molecular complexity index is 1670. The van der Waals surface area contributed by atoms with Crippen molar-refractivity contribution in [3.8, 4) is 11.5 Å². The molecule has 3 heterocycles. The summed E-state index contributed by atoms with van der Waals surface area (Å²) in [7, 11) is -2.67. The number of ether oxygens (including phenoxy) is 2. The van der Waals surface area contributed by atoms with Crippen molar-refractivity contribution >= 4 is 39.2 Å². The lowest BCUT2D eigenvalue weighted by Gasteiger charge is -2.13. The summed E-state index contributed by atoms with van der Waals surface area (Å²) in [5.74, 6) is 0.772. The summed E-state index contributed by atoms with van der Waals surface area (Å²) >= 11 is 0. The number of aryl methyl sites for hydroxylation is 1. The molecule has 4 N–H and O–H groups in total. The first-order chi connectivity index (χ1) is 18.4. The first-order valence-electron chi connectivity index (χ1n) is 11.6. The maximum atomic E-state index is 13.5. The second-order valence-electron chi connectivity index (χ2n) is 8.31. The third kappa shape index (κ3) is 5.94. The Morgan fingerprint density at radius 1 is 1.15 bits per heavy atom. The number of methoxy groups -OCH3 is 1. The zero-order chi connectivity index (χ0) is 26.7. The number of fused-ring (bicyclic) bond motifs is 1. The standard InChI is InChI=1S/C23H25N9O5S.ClH/c1-3-14-4-5-17(36-13-21-26-30-31-27-21)20(8-14)38(33,34)29-23-22-18(35-2)6-15(7-19(22)37-28-23)11-32-12-16(9-24)10-25-32;/h4-8,10,12H,3,9,11,13,24H2,1-2H3,(H,28,29)(H,26,27,30,31);1H. The Hall–Kier alpha value is -4.21. The van der Waals surface area contributed by atoms with Crippen LogP contribution >= 0.6 is 12.4 Å².